The second-order valence-electron chi connectivity index (χ2n) is 23.1. The predicted octanol–water partition coefficient (Wildman–Crippen LogP) is 19.5. The minimum absolute atomic E-state index is 0.0286. The van der Waals surface area contributed by atoms with E-state index in [1.54, 1.807) is 0 Å². The number of hydrogen-bond acceptors (Lipinski definition) is 8. The van der Waals surface area contributed by atoms with Crippen LogP contribution in [0.5, 0.6) is 0 Å². The lowest BCUT2D eigenvalue weighted by Crippen LogP contribution is -2.37. The average molecular weight is 1070 g/mol. The van der Waals surface area contributed by atoms with Gasteiger partial charge in [-0.3, -0.25) is 14.2 Å². The largest absolute Gasteiger partial charge is 0.756 e. The number of unbranched alkanes of at least 4 members (excludes halogenated alkanes) is 42. The number of likely N-dealkylation sites (N-methyl/N-ethyl adjacent to an activating group) is 1. The number of carbonyl (C=O) groups excluding carboxylic acids is 2. The van der Waals surface area contributed by atoms with Crippen molar-refractivity contribution >= 4 is 19.8 Å². The molecule has 0 amide bonds. The highest BCUT2D eigenvalue weighted by molar-refractivity contribution is 7.45. The van der Waals surface area contributed by atoms with Crippen LogP contribution in [0.2, 0.25) is 0 Å². The van der Waals surface area contributed by atoms with Gasteiger partial charge in [-0.2, -0.15) is 0 Å². The van der Waals surface area contributed by atoms with Crippen LogP contribution in [0, 0.1) is 0 Å². The van der Waals surface area contributed by atoms with Crippen LogP contribution in [-0.2, 0) is 32.7 Å². The van der Waals surface area contributed by atoms with Gasteiger partial charge >= 0.3 is 11.9 Å². The van der Waals surface area contributed by atoms with Gasteiger partial charge in [-0.1, -0.05) is 269 Å². The van der Waals surface area contributed by atoms with Crippen LogP contribution in [0.15, 0.2) is 24.3 Å². The standard InChI is InChI=1S/C64H124NO8P/c1-6-8-10-12-14-16-18-20-22-24-25-26-27-28-29-30-31-32-33-34-35-36-37-38-39-41-43-45-47-49-51-53-55-57-64(67)73-62(61-72-74(68,69)71-59-58-65(3,4)5)60-70-63(66)56-54-52-50-48-46-44-42-40-23-21-19-17-15-13-11-9-7-2/h21,23-25,62H,6-20,22,26-61H2,1-5H3/b23-21-,25-24-. The van der Waals surface area contributed by atoms with E-state index in [1.807, 2.05) is 21.1 Å². The minimum atomic E-state index is -4.63. The Bertz CT molecular complexity index is 1300. The van der Waals surface area contributed by atoms with Gasteiger partial charge in [0.25, 0.3) is 7.82 Å². The fourth-order valence-electron chi connectivity index (χ4n) is 9.47. The molecular formula is C64H124NO8P. The second-order valence-corrected chi connectivity index (χ2v) is 24.5. The molecule has 0 aliphatic rings. The molecule has 0 bridgehead atoms. The number of rotatable bonds is 60. The van der Waals surface area contributed by atoms with Crippen LogP contribution in [-0.4, -0.2) is 70.0 Å². The minimum Gasteiger partial charge on any atom is -0.756 e. The van der Waals surface area contributed by atoms with Gasteiger partial charge in [-0.25, -0.2) is 0 Å². The SMILES string of the molecule is CCCCCCCC/C=C\CCCCCCCCCC(=O)OCC(COP(=O)([O-])OCC[N+](C)(C)C)OC(=O)CCCCCCCCCCCCCCCCCCCCCCC/C=C\CCCCCCCCCC. The molecule has 0 aromatic rings. The molecule has 0 aliphatic carbocycles. The first-order valence-corrected chi connectivity index (χ1v) is 33.5. The number of ether oxygens (including phenoxy) is 2. The summed E-state index contributed by atoms with van der Waals surface area (Å²) in [5, 5.41) is 0. The summed E-state index contributed by atoms with van der Waals surface area (Å²) in [5.74, 6) is -0.821. The van der Waals surface area contributed by atoms with Crippen molar-refractivity contribution in [2.45, 2.75) is 328 Å². The van der Waals surface area contributed by atoms with Crippen LogP contribution in [0.1, 0.15) is 322 Å². The summed E-state index contributed by atoms with van der Waals surface area (Å²) in [6, 6.07) is 0. The smallest absolute Gasteiger partial charge is 0.306 e. The first-order valence-electron chi connectivity index (χ1n) is 32.0. The number of esters is 2. The molecule has 0 N–H and O–H groups in total. The molecule has 0 spiro atoms. The Morgan fingerprint density at radius 1 is 0.405 bits per heavy atom. The molecule has 0 aromatic heterocycles. The van der Waals surface area contributed by atoms with E-state index in [1.165, 1.54) is 244 Å². The maximum atomic E-state index is 12.8. The highest BCUT2D eigenvalue weighted by atomic mass is 31.2. The fraction of sp³-hybridized carbons (Fsp3) is 0.906. The third-order valence-corrected chi connectivity index (χ3v) is 15.4. The molecule has 2 unspecified atom stereocenters. The van der Waals surface area contributed by atoms with Crippen molar-refractivity contribution in [3.05, 3.63) is 24.3 Å². The van der Waals surface area contributed by atoms with Crippen LogP contribution in [0.4, 0.5) is 0 Å². The summed E-state index contributed by atoms with van der Waals surface area (Å²) in [6.07, 6.45) is 68.2. The van der Waals surface area contributed by atoms with E-state index < -0.39 is 26.5 Å². The summed E-state index contributed by atoms with van der Waals surface area (Å²) in [5.41, 5.74) is 0. The van der Waals surface area contributed by atoms with Gasteiger partial charge in [-0.05, 0) is 64.2 Å². The summed E-state index contributed by atoms with van der Waals surface area (Å²) in [6.45, 7) is 4.28. The van der Waals surface area contributed by atoms with E-state index in [0.717, 1.165) is 44.9 Å². The van der Waals surface area contributed by atoms with Crippen molar-refractivity contribution in [3.63, 3.8) is 0 Å². The van der Waals surface area contributed by atoms with E-state index in [0.29, 0.717) is 17.4 Å². The Kier molecular flexibility index (Phi) is 55.1. The number of phosphoric acid groups is 1. The van der Waals surface area contributed by atoms with Crippen LogP contribution >= 0.6 is 7.82 Å². The monoisotopic (exact) mass is 1070 g/mol. The molecule has 0 fully saturated rings. The van der Waals surface area contributed by atoms with Crippen molar-refractivity contribution in [3.8, 4) is 0 Å². The topological polar surface area (TPSA) is 111 Å². The van der Waals surface area contributed by atoms with Crippen LogP contribution < -0.4 is 4.89 Å². The molecule has 0 rings (SSSR count). The zero-order valence-electron chi connectivity index (χ0n) is 49.8. The maximum absolute atomic E-state index is 12.8. The molecule has 9 nitrogen and oxygen atoms in total. The van der Waals surface area contributed by atoms with Crippen molar-refractivity contribution in [2.75, 3.05) is 47.5 Å². The normalized spacial score (nSPS) is 13.3. The molecule has 74 heavy (non-hydrogen) atoms. The summed E-state index contributed by atoms with van der Waals surface area (Å²) < 4.78 is 34.2. The highest BCUT2D eigenvalue weighted by Crippen LogP contribution is 2.38. The highest BCUT2D eigenvalue weighted by Gasteiger charge is 2.22. The second kappa shape index (κ2) is 56.2. The number of nitrogens with zero attached hydrogens (tertiary/aromatic N) is 1. The summed E-state index contributed by atoms with van der Waals surface area (Å²) >= 11 is 0. The van der Waals surface area contributed by atoms with E-state index in [2.05, 4.69) is 38.2 Å². The lowest BCUT2D eigenvalue weighted by atomic mass is 10.0. The van der Waals surface area contributed by atoms with Crippen molar-refractivity contribution in [1.29, 1.82) is 0 Å². The van der Waals surface area contributed by atoms with E-state index in [9.17, 15) is 19.0 Å². The van der Waals surface area contributed by atoms with Crippen molar-refractivity contribution < 1.29 is 42.1 Å². The number of carbonyl (C=O) groups is 2. The molecule has 10 heteroatoms. The lowest BCUT2D eigenvalue weighted by Gasteiger charge is -2.28. The van der Waals surface area contributed by atoms with Gasteiger partial charge in [-0.15, -0.1) is 0 Å². The van der Waals surface area contributed by atoms with Gasteiger partial charge in [0.2, 0.25) is 0 Å². The van der Waals surface area contributed by atoms with Crippen LogP contribution in [0.3, 0.4) is 0 Å². The Balaban J connectivity index is 3.98. The van der Waals surface area contributed by atoms with E-state index in [4.69, 9.17) is 18.5 Å². The van der Waals surface area contributed by atoms with Crippen molar-refractivity contribution in [1.82, 2.24) is 0 Å². The lowest BCUT2D eigenvalue weighted by molar-refractivity contribution is -0.870. The molecule has 0 radical (unpaired) electrons. The van der Waals surface area contributed by atoms with Gasteiger partial charge in [0.15, 0.2) is 6.10 Å². The molecule has 2 atom stereocenters. The summed E-state index contributed by atoms with van der Waals surface area (Å²) in [7, 11) is 1.18. The third-order valence-electron chi connectivity index (χ3n) is 14.4. The molecule has 0 aliphatic heterocycles. The molecular weight excluding hydrogens is 942 g/mol. The molecule has 0 saturated carbocycles. The van der Waals surface area contributed by atoms with Crippen LogP contribution in [0.25, 0.3) is 0 Å². The Labute approximate surface area is 459 Å². The zero-order chi connectivity index (χ0) is 54.2. The van der Waals surface area contributed by atoms with Gasteiger partial charge in [0.05, 0.1) is 27.7 Å². The molecule has 0 saturated heterocycles. The first kappa shape index (κ1) is 72.5. The zero-order valence-corrected chi connectivity index (χ0v) is 50.7. The molecule has 438 valence electrons. The van der Waals surface area contributed by atoms with Gasteiger partial charge in [0.1, 0.15) is 19.8 Å². The first-order chi connectivity index (χ1) is 36.0. The number of phosphoric ester groups is 1. The predicted molar refractivity (Wildman–Crippen MR) is 314 cm³/mol. The maximum Gasteiger partial charge on any atom is 0.306 e. The van der Waals surface area contributed by atoms with Crippen molar-refractivity contribution in [2.24, 2.45) is 0 Å². The quantitative estimate of drug-likeness (QED) is 0.0195. The molecule has 0 aromatic carbocycles. The van der Waals surface area contributed by atoms with Gasteiger partial charge < -0.3 is 27.9 Å². The molecule has 0 heterocycles. The third kappa shape index (κ3) is 59.7. The Morgan fingerprint density at radius 2 is 0.689 bits per heavy atom. The van der Waals surface area contributed by atoms with Gasteiger partial charge in [0, 0.05) is 12.8 Å². The Morgan fingerprint density at radius 3 is 1.00 bits per heavy atom. The number of hydrogen-bond donors (Lipinski definition) is 0. The fourth-order valence-corrected chi connectivity index (χ4v) is 10.2. The average Bonchev–Trinajstić information content (AvgIpc) is 3.36. The number of quaternary nitrogens is 1. The summed E-state index contributed by atoms with van der Waals surface area (Å²) in [4.78, 5) is 37.9. The Hall–Kier alpha value is -1.51. The van der Waals surface area contributed by atoms with E-state index >= 15 is 0 Å². The number of allylic oxidation sites excluding steroid dienone is 4. The van der Waals surface area contributed by atoms with E-state index in [-0.39, 0.29) is 32.0 Å².